The lowest BCUT2D eigenvalue weighted by Crippen LogP contribution is -2.64. The third kappa shape index (κ3) is 27.7. The van der Waals surface area contributed by atoms with Gasteiger partial charge in [0.2, 0.25) is 0 Å². The van der Waals surface area contributed by atoms with E-state index in [2.05, 4.69) is 13.8 Å². The minimum Gasteiger partial charge on any atom is -0.462 e. The molecule has 7 N–H and O–H groups in total. The number of ether oxygens (including phenoxy) is 2. The molecule has 0 aromatic heterocycles. The van der Waals surface area contributed by atoms with Crippen molar-refractivity contribution in [2.45, 2.75) is 210 Å². The van der Waals surface area contributed by atoms with Gasteiger partial charge in [0.1, 0.15) is 43.2 Å². The topological polar surface area (TPSA) is 230 Å². The number of unbranched alkanes of at least 4 members (excludes halogenated alkanes) is 15. The van der Waals surface area contributed by atoms with E-state index in [1.807, 2.05) is 42.5 Å². The fourth-order valence-electron chi connectivity index (χ4n) is 6.57. The molecule has 14 nitrogen and oxygen atoms in total. The van der Waals surface area contributed by atoms with Crippen LogP contribution in [0.15, 0.2) is 48.6 Å². The molecule has 0 aliphatic heterocycles. The number of hydrogen-bond donors (Lipinski definition) is 7. The van der Waals surface area contributed by atoms with E-state index in [-0.39, 0.29) is 12.8 Å². The summed E-state index contributed by atoms with van der Waals surface area (Å²) < 4.78 is 33.4. The van der Waals surface area contributed by atoms with Gasteiger partial charge < -0.3 is 45.0 Å². The minimum absolute atomic E-state index is 0.00104. The van der Waals surface area contributed by atoms with E-state index < -0.39 is 81.8 Å². The molecule has 1 rings (SSSR count). The van der Waals surface area contributed by atoms with Crippen molar-refractivity contribution in [1.29, 1.82) is 0 Å². The summed E-state index contributed by atoms with van der Waals surface area (Å²) in [5.74, 6) is -1.19. The Bertz CT molecular complexity index is 1260. The maximum absolute atomic E-state index is 12.8. The summed E-state index contributed by atoms with van der Waals surface area (Å²) in [5, 5.41) is 60.0. The number of hydrogen-bond acceptors (Lipinski definition) is 13. The molecule has 0 radical (unpaired) electrons. The highest BCUT2D eigenvalue weighted by atomic mass is 31.2. The Morgan fingerprint density at radius 3 is 1.70 bits per heavy atom. The molecule has 0 bridgehead atoms. The van der Waals surface area contributed by atoms with E-state index in [4.69, 9.17) is 18.5 Å². The highest BCUT2D eigenvalue weighted by Gasteiger charge is 2.51. The van der Waals surface area contributed by atoms with Gasteiger partial charge in [-0.1, -0.05) is 159 Å². The van der Waals surface area contributed by atoms with Gasteiger partial charge in [0.15, 0.2) is 6.10 Å². The van der Waals surface area contributed by atoms with Gasteiger partial charge >= 0.3 is 19.8 Å². The zero-order valence-corrected chi connectivity index (χ0v) is 37.2. The lowest BCUT2D eigenvalue weighted by molar-refractivity contribution is -0.220. The van der Waals surface area contributed by atoms with Gasteiger partial charge in [-0.05, 0) is 38.5 Å². The smallest absolute Gasteiger partial charge is 0.462 e. The first-order valence-electron chi connectivity index (χ1n) is 22.5. The lowest BCUT2D eigenvalue weighted by atomic mass is 9.85. The predicted molar refractivity (Wildman–Crippen MR) is 232 cm³/mol. The Hall–Kier alpha value is -2.23. The zero-order chi connectivity index (χ0) is 44.4. The second kappa shape index (κ2) is 35.3. The summed E-state index contributed by atoms with van der Waals surface area (Å²) in [6, 6.07) is 0. The molecule has 0 aromatic rings. The normalized spacial score (nSPS) is 23.1. The molecule has 1 aliphatic carbocycles. The second-order valence-electron chi connectivity index (χ2n) is 15.8. The summed E-state index contributed by atoms with van der Waals surface area (Å²) in [5.41, 5.74) is 0. The molecular weight excluding hydrogens is 795 g/mol. The van der Waals surface area contributed by atoms with Crippen LogP contribution in [0.2, 0.25) is 0 Å². The van der Waals surface area contributed by atoms with Crippen LogP contribution in [0.25, 0.3) is 0 Å². The van der Waals surface area contributed by atoms with Gasteiger partial charge in [-0.25, -0.2) is 4.57 Å². The average molecular weight is 875 g/mol. The molecule has 9 atom stereocenters. The van der Waals surface area contributed by atoms with Crippen LogP contribution in [-0.4, -0.2) is 110 Å². The number of rotatable bonds is 36. The van der Waals surface area contributed by atoms with Gasteiger partial charge in [0.25, 0.3) is 0 Å². The van der Waals surface area contributed by atoms with E-state index in [1.54, 1.807) is 6.08 Å². The third-order valence-corrected chi connectivity index (χ3v) is 11.3. The first kappa shape index (κ1) is 55.8. The summed E-state index contributed by atoms with van der Waals surface area (Å²) >= 11 is 0. The number of allylic oxidation sites excluding steroid dienone is 7. The van der Waals surface area contributed by atoms with E-state index in [0.717, 1.165) is 51.4 Å². The monoisotopic (exact) mass is 875 g/mol. The van der Waals surface area contributed by atoms with Gasteiger partial charge in [0.05, 0.1) is 12.7 Å². The van der Waals surface area contributed by atoms with Crippen LogP contribution in [0, 0.1) is 0 Å². The maximum atomic E-state index is 12.8. The first-order chi connectivity index (χ1) is 28.8. The first-order valence-corrected chi connectivity index (χ1v) is 24.0. The summed E-state index contributed by atoms with van der Waals surface area (Å²) in [7, 11) is -5.14. The molecule has 0 saturated heterocycles. The Morgan fingerprint density at radius 2 is 1.10 bits per heavy atom. The van der Waals surface area contributed by atoms with Gasteiger partial charge in [0, 0.05) is 12.8 Å². The molecule has 0 heterocycles. The van der Waals surface area contributed by atoms with E-state index >= 15 is 0 Å². The summed E-state index contributed by atoms with van der Waals surface area (Å²) in [4.78, 5) is 35.6. The van der Waals surface area contributed by atoms with E-state index in [9.17, 15) is 49.7 Å². The van der Waals surface area contributed by atoms with Crippen molar-refractivity contribution in [3.63, 3.8) is 0 Å². The number of phosphoric acid groups is 1. The molecule has 60 heavy (non-hydrogen) atoms. The fourth-order valence-corrected chi connectivity index (χ4v) is 7.54. The van der Waals surface area contributed by atoms with Crippen LogP contribution in [0.5, 0.6) is 0 Å². The van der Waals surface area contributed by atoms with Crippen LogP contribution in [0.1, 0.15) is 162 Å². The number of aliphatic hydroxyl groups excluding tert-OH is 6. The molecular formula is C45H79O14P. The van der Waals surface area contributed by atoms with Crippen molar-refractivity contribution in [1.82, 2.24) is 0 Å². The number of carbonyl (C=O) groups excluding carboxylic acids is 2. The highest BCUT2D eigenvalue weighted by Crippen LogP contribution is 2.47. The molecule has 0 amide bonds. The molecule has 3 unspecified atom stereocenters. The van der Waals surface area contributed by atoms with E-state index in [1.165, 1.54) is 57.8 Å². The van der Waals surface area contributed by atoms with Crippen LogP contribution >= 0.6 is 7.82 Å². The van der Waals surface area contributed by atoms with Crippen molar-refractivity contribution < 1.29 is 68.2 Å². The Balaban J connectivity index is 2.54. The minimum atomic E-state index is -5.14. The van der Waals surface area contributed by atoms with Crippen molar-refractivity contribution in [2.75, 3.05) is 13.2 Å². The number of phosphoric ester groups is 1. The van der Waals surface area contributed by atoms with Crippen LogP contribution < -0.4 is 0 Å². The molecule has 1 saturated carbocycles. The molecule has 1 fully saturated rings. The molecule has 15 heteroatoms. The number of carbonyl (C=O) groups is 2. The Morgan fingerprint density at radius 1 is 0.600 bits per heavy atom. The standard InChI is InChI=1S/C45H79O14P/c1-3-5-7-8-9-10-11-12-15-18-21-24-28-32-38(47)56-34-37(35-57-60(54,55)59-45-43(52)41(50)40(49)42(51)44(45)53)58-39(48)33-29-25-22-19-16-13-14-17-20-23-27-31-36(46)30-26-6-4-2/h13-14,19-20,22-23,27,31,36-37,40-46,49-53H,3-12,15-18,21,24-26,28-30,32-35H2,1-2H3,(H,54,55)/b14-13-,22-19-,23-20-,31-27+/t36-,37+,40?,41-,42+,43+,44+,45?/m0/s1. The SMILES string of the molecule is CCCCCCCCCCCCCCCC(=O)OC[C@H](COP(=O)(O)OC1[C@H](O)[C@H](O)C(O)[C@H](O)[C@H]1O)OC(=O)CCC/C=C\C/C=C\C/C=C\C=C\[C@@H](O)CCCCC. The van der Waals surface area contributed by atoms with E-state index in [0.29, 0.717) is 25.7 Å². The van der Waals surface area contributed by atoms with Crippen molar-refractivity contribution in [2.24, 2.45) is 0 Å². The highest BCUT2D eigenvalue weighted by molar-refractivity contribution is 7.47. The fraction of sp³-hybridized carbons (Fsp3) is 0.778. The van der Waals surface area contributed by atoms with Gasteiger partial charge in [-0.2, -0.15) is 0 Å². The van der Waals surface area contributed by atoms with Gasteiger partial charge in [-0.3, -0.25) is 18.6 Å². The molecule has 0 aromatic carbocycles. The zero-order valence-electron chi connectivity index (χ0n) is 36.4. The largest absolute Gasteiger partial charge is 0.472 e. The summed E-state index contributed by atoms with van der Waals surface area (Å²) in [6.07, 6.45) is 23.5. The number of aliphatic hydroxyl groups is 6. The van der Waals surface area contributed by atoms with Gasteiger partial charge in [-0.15, -0.1) is 0 Å². The predicted octanol–water partition coefficient (Wildman–Crippen LogP) is 7.36. The van der Waals surface area contributed by atoms with Crippen LogP contribution in [-0.2, 0) is 32.7 Å². The number of esters is 2. The quantitative estimate of drug-likeness (QED) is 0.0107. The summed E-state index contributed by atoms with van der Waals surface area (Å²) in [6.45, 7) is 3.11. The Labute approximate surface area is 359 Å². The van der Waals surface area contributed by atoms with Crippen molar-refractivity contribution in [3.05, 3.63) is 48.6 Å². The third-order valence-electron chi connectivity index (χ3n) is 10.3. The van der Waals surface area contributed by atoms with Crippen LogP contribution in [0.4, 0.5) is 0 Å². The maximum Gasteiger partial charge on any atom is 0.472 e. The molecule has 1 aliphatic rings. The second-order valence-corrected chi connectivity index (χ2v) is 17.2. The lowest BCUT2D eigenvalue weighted by Gasteiger charge is -2.41. The van der Waals surface area contributed by atoms with Crippen molar-refractivity contribution in [3.8, 4) is 0 Å². The van der Waals surface area contributed by atoms with Crippen molar-refractivity contribution >= 4 is 19.8 Å². The average Bonchev–Trinajstić information content (AvgIpc) is 3.22. The molecule has 348 valence electrons. The van der Waals surface area contributed by atoms with Crippen LogP contribution in [0.3, 0.4) is 0 Å². The molecule has 0 spiro atoms. The Kier molecular flexibility index (Phi) is 32.8.